The minimum absolute atomic E-state index is 0.128. The molecule has 1 fully saturated rings. The molecule has 1 saturated carbocycles. The van der Waals surface area contributed by atoms with Crippen molar-refractivity contribution in [3.05, 3.63) is 59.4 Å². The van der Waals surface area contributed by atoms with Crippen LogP contribution in [0.1, 0.15) is 43.2 Å². The molecule has 1 aliphatic carbocycles. The van der Waals surface area contributed by atoms with Crippen LogP contribution in [0, 0.1) is 5.82 Å². The van der Waals surface area contributed by atoms with Crippen molar-refractivity contribution in [3.63, 3.8) is 0 Å². The smallest absolute Gasteiger partial charge is 0.128 e. The van der Waals surface area contributed by atoms with Crippen LogP contribution in [0.25, 0.3) is 11.1 Å². The summed E-state index contributed by atoms with van der Waals surface area (Å²) in [6.07, 6.45) is 3.98. The van der Waals surface area contributed by atoms with E-state index in [9.17, 15) is 4.39 Å². The van der Waals surface area contributed by atoms with Crippen LogP contribution in [-0.2, 0) is 6.54 Å². The van der Waals surface area contributed by atoms with Gasteiger partial charge in [0.15, 0.2) is 0 Å². The minimum atomic E-state index is -0.128. The highest BCUT2D eigenvalue weighted by Crippen LogP contribution is 2.37. The summed E-state index contributed by atoms with van der Waals surface area (Å²) in [5.74, 6) is 0.620. The SMILES string of the molecule is CCNCc1ccc(-c2ccc(C3CCC3)cc2)cc1F. The fourth-order valence-corrected chi connectivity index (χ4v) is 2.82. The monoisotopic (exact) mass is 283 g/mol. The van der Waals surface area contributed by atoms with Crippen LogP contribution in [-0.4, -0.2) is 6.54 Å². The van der Waals surface area contributed by atoms with Gasteiger partial charge < -0.3 is 5.32 Å². The highest BCUT2D eigenvalue weighted by atomic mass is 19.1. The Hall–Kier alpha value is -1.67. The summed E-state index contributed by atoms with van der Waals surface area (Å²) in [7, 11) is 0. The van der Waals surface area contributed by atoms with Gasteiger partial charge in [0.1, 0.15) is 5.82 Å². The van der Waals surface area contributed by atoms with Gasteiger partial charge in [0.2, 0.25) is 0 Å². The lowest BCUT2D eigenvalue weighted by atomic mass is 9.80. The summed E-state index contributed by atoms with van der Waals surface area (Å²) in [5, 5.41) is 3.16. The number of rotatable bonds is 5. The van der Waals surface area contributed by atoms with Crippen LogP contribution in [0.2, 0.25) is 0 Å². The van der Waals surface area contributed by atoms with E-state index in [2.05, 4.69) is 29.6 Å². The predicted molar refractivity (Wildman–Crippen MR) is 85.8 cm³/mol. The summed E-state index contributed by atoms with van der Waals surface area (Å²) in [4.78, 5) is 0. The molecular formula is C19H22FN. The van der Waals surface area contributed by atoms with Gasteiger partial charge in [0.05, 0.1) is 0 Å². The van der Waals surface area contributed by atoms with E-state index in [1.165, 1.54) is 24.8 Å². The zero-order valence-electron chi connectivity index (χ0n) is 12.5. The Kier molecular flexibility index (Phi) is 4.35. The van der Waals surface area contributed by atoms with Gasteiger partial charge in [-0.05, 0) is 48.1 Å². The maximum Gasteiger partial charge on any atom is 0.128 e. The molecule has 0 spiro atoms. The van der Waals surface area contributed by atoms with Crippen LogP contribution in [0.3, 0.4) is 0 Å². The maximum atomic E-state index is 14.1. The first-order valence-electron chi connectivity index (χ1n) is 7.87. The van der Waals surface area contributed by atoms with Gasteiger partial charge in [-0.2, -0.15) is 0 Å². The van der Waals surface area contributed by atoms with E-state index in [-0.39, 0.29) is 5.82 Å². The summed E-state index contributed by atoms with van der Waals surface area (Å²) in [5.41, 5.74) is 4.20. The van der Waals surface area contributed by atoms with E-state index in [1.54, 1.807) is 6.07 Å². The van der Waals surface area contributed by atoms with E-state index in [0.29, 0.717) is 6.54 Å². The summed E-state index contributed by atoms with van der Waals surface area (Å²) in [6.45, 7) is 3.46. The van der Waals surface area contributed by atoms with Gasteiger partial charge in [-0.15, -0.1) is 0 Å². The van der Waals surface area contributed by atoms with Gasteiger partial charge in [-0.3, -0.25) is 0 Å². The summed E-state index contributed by atoms with van der Waals surface area (Å²) < 4.78 is 14.1. The van der Waals surface area contributed by atoms with Crippen molar-refractivity contribution in [2.45, 2.75) is 38.6 Å². The van der Waals surface area contributed by atoms with Crippen molar-refractivity contribution < 1.29 is 4.39 Å². The highest BCUT2D eigenvalue weighted by Gasteiger charge is 2.19. The van der Waals surface area contributed by atoms with Crippen LogP contribution >= 0.6 is 0 Å². The number of hydrogen-bond acceptors (Lipinski definition) is 1. The largest absolute Gasteiger partial charge is 0.313 e. The van der Waals surface area contributed by atoms with E-state index >= 15 is 0 Å². The quantitative estimate of drug-likeness (QED) is 0.825. The molecule has 1 aliphatic rings. The molecule has 21 heavy (non-hydrogen) atoms. The second kappa shape index (κ2) is 6.40. The Balaban J connectivity index is 1.78. The molecule has 0 amide bonds. The van der Waals surface area contributed by atoms with Gasteiger partial charge >= 0.3 is 0 Å². The van der Waals surface area contributed by atoms with Gasteiger partial charge in [-0.25, -0.2) is 4.39 Å². The lowest BCUT2D eigenvalue weighted by molar-refractivity contribution is 0.420. The average molecular weight is 283 g/mol. The van der Waals surface area contributed by atoms with Crippen LogP contribution in [0.4, 0.5) is 4.39 Å². The highest BCUT2D eigenvalue weighted by molar-refractivity contribution is 5.64. The second-order valence-electron chi connectivity index (χ2n) is 5.84. The van der Waals surface area contributed by atoms with Crippen LogP contribution < -0.4 is 5.32 Å². The van der Waals surface area contributed by atoms with Crippen molar-refractivity contribution in [3.8, 4) is 11.1 Å². The van der Waals surface area contributed by atoms with Crippen LogP contribution in [0.15, 0.2) is 42.5 Å². The molecule has 0 atom stereocenters. The van der Waals surface area contributed by atoms with Crippen LogP contribution in [0.5, 0.6) is 0 Å². The molecule has 110 valence electrons. The molecule has 2 aromatic rings. The Morgan fingerprint density at radius 3 is 2.33 bits per heavy atom. The third kappa shape index (κ3) is 3.16. The van der Waals surface area contributed by atoms with Crippen molar-refractivity contribution in [1.29, 1.82) is 0 Å². The molecule has 3 rings (SSSR count). The molecule has 1 N–H and O–H groups in total. The molecule has 0 radical (unpaired) electrons. The normalized spacial score (nSPS) is 15.0. The van der Waals surface area contributed by atoms with E-state index < -0.39 is 0 Å². The lowest BCUT2D eigenvalue weighted by Crippen LogP contribution is -2.12. The first kappa shape index (κ1) is 14.3. The Morgan fingerprint density at radius 1 is 1.05 bits per heavy atom. The molecule has 0 bridgehead atoms. The van der Waals surface area contributed by atoms with Crippen molar-refractivity contribution >= 4 is 0 Å². The fourth-order valence-electron chi connectivity index (χ4n) is 2.82. The first-order valence-corrected chi connectivity index (χ1v) is 7.87. The Morgan fingerprint density at radius 2 is 1.76 bits per heavy atom. The first-order chi connectivity index (χ1) is 10.3. The predicted octanol–water partition coefficient (Wildman–Crippen LogP) is 4.87. The number of halogens is 1. The average Bonchev–Trinajstić information content (AvgIpc) is 2.45. The molecule has 0 aliphatic heterocycles. The fraction of sp³-hybridized carbons (Fsp3) is 0.368. The standard InChI is InChI=1S/C19H22FN/c1-2-21-13-18-11-10-17(12-19(18)20)16-8-6-15(7-9-16)14-4-3-5-14/h6-12,14,21H,2-5,13H2,1H3. The molecule has 0 aromatic heterocycles. The lowest BCUT2D eigenvalue weighted by Gasteiger charge is -2.25. The van der Waals surface area contributed by atoms with Gasteiger partial charge in [0, 0.05) is 12.1 Å². The molecule has 0 heterocycles. The van der Waals surface area contributed by atoms with Gasteiger partial charge in [0.25, 0.3) is 0 Å². The molecule has 2 heteroatoms. The third-order valence-corrected chi connectivity index (χ3v) is 4.44. The van der Waals surface area contributed by atoms with Crippen molar-refractivity contribution in [1.82, 2.24) is 5.32 Å². The molecule has 2 aromatic carbocycles. The van der Waals surface area contributed by atoms with Gasteiger partial charge in [-0.1, -0.05) is 49.7 Å². The van der Waals surface area contributed by atoms with E-state index in [0.717, 1.165) is 29.2 Å². The summed E-state index contributed by atoms with van der Waals surface area (Å²) in [6, 6.07) is 14.2. The van der Waals surface area contributed by atoms with E-state index in [4.69, 9.17) is 0 Å². The zero-order valence-corrected chi connectivity index (χ0v) is 12.5. The Labute approximate surface area is 126 Å². The van der Waals surface area contributed by atoms with E-state index in [1.807, 2.05) is 19.1 Å². The third-order valence-electron chi connectivity index (χ3n) is 4.44. The topological polar surface area (TPSA) is 12.0 Å². The Bertz CT molecular complexity index is 599. The summed E-state index contributed by atoms with van der Waals surface area (Å²) >= 11 is 0. The van der Waals surface area contributed by atoms with Crippen molar-refractivity contribution in [2.75, 3.05) is 6.54 Å². The number of nitrogens with one attached hydrogen (secondary N) is 1. The molecule has 0 unspecified atom stereocenters. The maximum absolute atomic E-state index is 14.1. The molecule has 1 nitrogen and oxygen atoms in total. The number of hydrogen-bond donors (Lipinski definition) is 1. The second-order valence-corrected chi connectivity index (χ2v) is 5.84. The molecular weight excluding hydrogens is 261 g/mol. The zero-order chi connectivity index (χ0) is 14.7. The number of benzene rings is 2. The minimum Gasteiger partial charge on any atom is -0.313 e. The van der Waals surface area contributed by atoms with Crippen molar-refractivity contribution in [2.24, 2.45) is 0 Å². The molecule has 0 saturated heterocycles.